The fourth-order valence-electron chi connectivity index (χ4n) is 2.20. The van der Waals surface area contributed by atoms with Gasteiger partial charge in [0.15, 0.2) is 0 Å². The number of nitrogen functional groups attached to an aromatic ring is 1. The van der Waals surface area contributed by atoms with Crippen molar-refractivity contribution in [2.45, 2.75) is 32.9 Å². The van der Waals surface area contributed by atoms with E-state index in [-0.39, 0.29) is 6.54 Å². The Morgan fingerprint density at radius 3 is 2.29 bits per heavy atom. The third-order valence-corrected chi connectivity index (χ3v) is 3.20. The number of hydrogen-bond acceptors (Lipinski definition) is 3. The molecule has 0 fully saturated rings. The Balaban J connectivity index is 2.29. The van der Waals surface area contributed by atoms with E-state index in [2.05, 4.69) is 5.32 Å². The fourth-order valence-corrected chi connectivity index (χ4v) is 2.20. The molecule has 0 aliphatic carbocycles. The zero-order chi connectivity index (χ0) is 17.9. The minimum Gasteiger partial charge on any atom is -0.444 e. The number of carbonyl (C=O) groups excluding carboxylic acids is 1. The Hall–Kier alpha value is -2.63. The van der Waals surface area contributed by atoms with Gasteiger partial charge in [-0.1, -0.05) is 6.07 Å². The highest BCUT2D eigenvalue weighted by Gasteiger charge is 2.17. The Kier molecular flexibility index (Phi) is 5.07. The van der Waals surface area contributed by atoms with Crippen LogP contribution in [0.5, 0.6) is 0 Å². The Bertz CT molecular complexity index is 755. The molecule has 0 atom stereocenters. The van der Waals surface area contributed by atoms with Gasteiger partial charge in [0.05, 0.1) is 0 Å². The van der Waals surface area contributed by atoms with Crippen molar-refractivity contribution in [1.82, 2.24) is 5.32 Å². The van der Waals surface area contributed by atoms with E-state index in [0.29, 0.717) is 22.4 Å². The minimum absolute atomic E-state index is 0.0977. The maximum atomic E-state index is 13.6. The van der Waals surface area contributed by atoms with Crippen molar-refractivity contribution in [3.63, 3.8) is 0 Å². The monoisotopic (exact) mass is 334 g/mol. The summed E-state index contributed by atoms with van der Waals surface area (Å²) in [6, 6.07) is 7.94. The summed E-state index contributed by atoms with van der Waals surface area (Å²) in [5.74, 6) is -0.954. The number of halogens is 2. The molecule has 0 aromatic heterocycles. The fraction of sp³-hybridized carbons (Fsp3) is 0.278. The van der Waals surface area contributed by atoms with Gasteiger partial charge in [0.2, 0.25) is 0 Å². The number of rotatable bonds is 3. The average molecular weight is 334 g/mol. The molecule has 0 aliphatic heterocycles. The van der Waals surface area contributed by atoms with E-state index >= 15 is 0 Å². The molecule has 0 spiro atoms. The van der Waals surface area contributed by atoms with E-state index in [1.54, 1.807) is 20.8 Å². The summed E-state index contributed by atoms with van der Waals surface area (Å²) in [4.78, 5) is 11.8. The molecule has 0 bridgehead atoms. The second kappa shape index (κ2) is 6.86. The van der Waals surface area contributed by atoms with Crippen molar-refractivity contribution in [1.29, 1.82) is 0 Å². The molecule has 2 aromatic rings. The molecule has 0 aliphatic rings. The molecule has 0 unspecified atom stereocenters. The van der Waals surface area contributed by atoms with Gasteiger partial charge in [-0.05, 0) is 62.2 Å². The predicted octanol–water partition coefficient (Wildman–Crippen LogP) is 4.24. The predicted molar refractivity (Wildman–Crippen MR) is 89.3 cm³/mol. The summed E-state index contributed by atoms with van der Waals surface area (Å²) in [6.45, 7) is 5.36. The summed E-state index contributed by atoms with van der Waals surface area (Å²) >= 11 is 0. The summed E-state index contributed by atoms with van der Waals surface area (Å²) in [5, 5.41) is 2.60. The number of ether oxygens (including phenoxy) is 1. The third kappa shape index (κ3) is 4.68. The number of alkyl carbamates (subject to hydrolysis) is 1. The van der Waals surface area contributed by atoms with Gasteiger partial charge in [-0.15, -0.1) is 0 Å². The number of nitrogens with one attached hydrogen (secondary N) is 1. The smallest absolute Gasteiger partial charge is 0.407 e. The lowest BCUT2D eigenvalue weighted by atomic mass is 9.98. The van der Waals surface area contributed by atoms with Gasteiger partial charge in [-0.3, -0.25) is 0 Å². The molecule has 0 saturated heterocycles. The van der Waals surface area contributed by atoms with Crippen LogP contribution in [-0.2, 0) is 11.3 Å². The van der Waals surface area contributed by atoms with Gasteiger partial charge in [-0.2, -0.15) is 0 Å². The number of hydrogen-bond donors (Lipinski definition) is 2. The van der Waals surface area contributed by atoms with Crippen LogP contribution in [-0.4, -0.2) is 11.7 Å². The maximum Gasteiger partial charge on any atom is 0.407 e. The first kappa shape index (κ1) is 17.7. The number of carbonyl (C=O) groups is 1. The van der Waals surface area contributed by atoms with Gasteiger partial charge < -0.3 is 15.8 Å². The first-order valence-corrected chi connectivity index (χ1v) is 7.46. The molecule has 0 saturated carbocycles. The van der Waals surface area contributed by atoms with Crippen LogP contribution in [0.4, 0.5) is 19.3 Å². The van der Waals surface area contributed by atoms with E-state index in [0.717, 1.165) is 0 Å². The van der Waals surface area contributed by atoms with Crippen LogP contribution in [0.25, 0.3) is 11.1 Å². The quantitative estimate of drug-likeness (QED) is 0.825. The highest BCUT2D eigenvalue weighted by molar-refractivity contribution is 5.79. The summed E-state index contributed by atoms with van der Waals surface area (Å²) in [5.41, 5.74) is 6.96. The topological polar surface area (TPSA) is 64.3 Å². The number of nitrogens with two attached hydrogens (primary N) is 1. The molecule has 6 heteroatoms. The molecular formula is C18H20F2N2O2. The van der Waals surface area contributed by atoms with Crippen molar-refractivity contribution in [3.8, 4) is 11.1 Å². The van der Waals surface area contributed by atoms with Crippen LogP contribution in [0.15, 0.2) is 36.4 Å². The van der Waals surface area contributed by atoms with Crippen molar-refractivity contribution >= 4 is 11.8 Å². The molecule has 0 radical (unpaired) electrons. The van der Waals surface area contributed by atoms with Crippen molar-refractivity contribution in [2.75, 3.05) is 5.73 Å². The molecule has 4 nitrogen and oxygen atoms in total. The summed E-state index contributed by atoms with van der Waals surface area (Å²) < 4.78 is 32.3. The van der Waals surface area contributed by atoms with Gasteiger partial charge >= 0.3 is 6.09 Å². The van der Waals surface area contributed by atoms with Crippen molar-refractivity contribution in [2.24, 2.45) is 0 Å². The number of amides is 1. The van der Waals surface area contributed by atoms with Crippen LogP contribution in [0.2, 0.25) is 0 Å². The van der Waals surface area contributed by atoms with Gasteiger partial charge in [0.25, 0.3) is 0 Å². The average Bonchev–Trinajstić information content (AvgIpc) is 2.46. The highest BCUT2D eigenvalue weighted by atomic mass is 19.1. The van der Waals surface area contributed by atoms with Crippen LogP contribution in [0.1, 0.15) is 26.3 Å². The van der Waals surface area contributed by atoms with E-state index in [1.807, 2.05) is 0 Å². The standard InChI is InChI=1S/C18H20F2N2O2/c1-18(2,3)24-17(23)22-10-11-4-5-12(19)8-14(11)15-9-13(20)6-7-16(15)21/h4-9H,10,21H2,1-3H3,(H,22,23). The van der Waals surface area contributed by atoms with Gasteiger partial charge in [0, 0.05) is 17.8 Å². The molecule has 3 N–H and O–H groups in total. The zero-order valence-corrected chi connectivity index (χ0v) is 13.8. The SMILES string of the molecule is CC(C)(C)OC(=O)NCc1ccc(F)cc1-c1cc(F)ccc1N. The Labute approximate surface area is 139 Å². The van der Waals surface area contributed by atoms with E-state index in [4.69, 9.17) is 10.5 Å². The zero-order valence-electron chi connectivity index (χ0n) is 13.8. The first-order valence-electron chi connectivity index (χ1n) is 7.46. The lowest BCUT2D eigenvalue weighted by molar-refractivity contribution is 0.0523. The molecule has 0 heterocycles. The summed E-state index contributed by atoms with van der Waals surface area (Å²) in [7, 11) is 0. The van der Waals surface area contributed by atoms with Gasteiger partial charge in [-0.25, -0.2) is 13.6 Å². The first-order chi connectivity index (χ1) is 11.2. The van der Waals surface area contributed by atoms with E-state index in [1.165, 1.54) is 36.4 Å². The highest BCUT2D eigenvalue weighted by Crippen LogP contribution is 2.30. The van der Waals surface area contributed by atoms with E-state index in [9.17, 15) is 13.6 Å². The van der Waals surface area contributed by atoms with Crippen molar-refractivity contribution in [3.05, 3.63) is 53.6 Å². The van der Waals surface area contributed by atoms with Crippen LogP contribution >= 0.6 is 0 Å². The lowest BCUT2D eigenvalue weighted by Crippen LogP contribution is -2.32. The molecule has 24 heavy (non-hydrogen) atoms. The second-order valence-electron chi connectivity index (χ2n) is 6.39. The number of anilines is 1. The second-order valence-corrected chi connectivity index (χ2v) is 6.39. The van der Waals surface area contributed by atoms with Crippen LogP contribution in [0.3, 0.4) is 0 Å². The van der Waals surface area contributed by atoms with Crippen molar-refractivity contribution < 1.29 is 18.3 Å². The largest absolute Gasteiger partial charge is 0.444 e. The summed E-state index contributed by atoms with van der Waals surface area (Å²) in [6.07, 6.45) is -0.593. The Morgan fingerprint density at radius 1 is 1.08 bits per heavy atom. The minimum atomic E-state index is -0.622. The molecular weight excluding hydrogens is 314 g/mol. The molecule has 128 valence electrons. The normalized spacial score (nSPS) is 11.2. The maximum absolute atomic E-state index is 13.6. The Morgan fingerprint density at radius 2 is 1.67 bits per heavy atom. The lowest BCUT2D eigenvalue weighted by Gasteiger charge is -2.20. The number of benzene rings is 2. The van der Waals surface area contributed by atoms with Crippen LogP contribution in [0, 0.1) is 11.6 Å². The van der Waals surface area contributed by atoms with Crippen LogP contribution < -0.4 is 11.1 Å². The molecule has 1 amide bonds. The molecule has 2 rings (SSSR count). The third-order valence-electron chi connectivity index (χ3n) is 3.20. The molecule has 2 aromatic carbocycles. The van der Waals surface area contributed by atoms with E-state index < -0.39 is 23.3 Å². The van der Waals surface area contributed by atoms with Gasteiger partial charge in [0.1, 0.15) is 17.2 Å².